The zero-order valence-corrected chi connectivity index (χ0v) is 15.3. The normalized spacial score (nSPS) is 16.5. The van der Waals surface area contributed by atoms with Gasteiger partial charge in [-0.15, -0.1) is 0 Å². The quantitative estimate of drug-likeness (QED) is 0.673. The third-order valence-corrected chi connectivity index (χ3v) is 4.57. The molecule has 1 aliphatic rings. The van der Waals surface area contributed by atoms with E-state index >= 15 is 0 Å². The molecule has 9 heteroatoms. The first kappa shape index (κ1) is 18.9. The maximum atomic E-state index is 14.6. The number of aromatic nitrogens is 4. The summed E-state index contributed by atoms with van der Waals surface area (Å²) < 4.78 is 33.3. The number of halogens is 2. The van der Waals surface area contributed by atoms with Crippen molar-refractivity contribution in [2.75, 3.05) is 13.1 Å². The van der Waals surface area contributed by atoms with Gasteiger partial charge in [-0.25, -0.2) is 28.7 Å². The molecule has 29 heavy (non-hydrogen) atoms. The molecule has 1 saturated heterocycles. The Labute approximate surface area is 165 Å². The standard InChI is InChI=1S/C20H17F2N5O2/c21-13-10-25-20(26-11-13)29-14-4-2-9-27(12-14)19(28)17-15(5-1-6-16(17)22)18-23-7-3-8-24-18/h1,3,5-8,10-11,14H,2,4,9,12H2. The molecule has 3 aromatic rings. The Bertz CT molecular complexity index is 1000. The minimum atomic E-state index is -0.634. The fourth-order valence-corrected chi connectivity index (χ4v) is 3.25. The number of carbonyl (C=O) groups excluding carboxylic acids is 1. The smallest absolute Gasteiger partial charge is 0.316 e. The van der Waals surface area contributed by atoms with Crippen LogP contribution in [0.3, 0.4) is 0 Å². The van der Waals surface area contributed by atoms with Gasteiger partial charge in [0, 0.05) is 24.5 Å². The van der Waals surface area contributed by atoms with Crippen LogP contribution >= 0.6 is 0 Å². The molecule has 1 fully saturated rings. The minimum Gasteiger partial charge on any atom is -0.458 e. The number of amides is 1. The van der Waals surface area contributed by atoms with E-state index in [-0.39, 0.29) is 30.0 Å². The third kappa shape index (κ3) is 4.18. The van der Waals surface area contributed by atoms with Crippen LogP contribution in [0.25, 0.3) is 11.4 Å². The second-order valence-corrected chi connectivity index (χ2v) is 6.55. The highest BCUT2D eigenvalue weighted by atomic mass is 19.1. The highest BCUT2D eigenvalue weighted by molar-refractivity contribution is 6.00. The monoisotopic (exact) mass is 397 g/mol. The number of likely N-dealkylation sites (tertiary alicyclic amines) is 1. The van der Waals surface area contributed by atoms with Gasteiger partial charge in [0.2, 0.25) is 0 Å². The van der Waals surface area contributed by atoms with Crippen LogP contribution in [0.5, 0.6) is 6.01 Å². The summed E-state index contributed by atoms with van der Waals surface area (Å²) in [5, 5.41) is 0. The van der Waals surface area contributed by atoms with Crippen LogP contribution in [0.4, 0.5) is 8.78 Å². The summed E-state index contributed by atoms with van der Waals surface area (Å²) in [6, 6.07) is 6.06. The predicted molar refractivity (Wildman–Crippen MR) is 99.0 cm³/mol. The molecular formula is C20H17F2N5O2. The zero-order chi connectivity index (χ0) is 20.2. The lowest BCUT2D eigenvalue weighted by Crippen LogP contribution is -2.45. The van der Waals surface area contributed by atoms with Gasteiger partial charge in [0.05, 0.1) is 24.5 Å². The molecular weight excluding hydrogens is 380 g/mol. The van der Waals surface area contributed by atoms with Crippen molar-refractivity contribution in [1.82, 2.24) is 24.8 Å². The lowest BCUT2D eigenvalue weighted by atomic mass is 10.0. The van der Waals surface area contributed by atoms with Crippen molar-refractivity contribution in [1.29, 1.82) is 0 Å². The molecule has 0 bridgehead atoms. The molecule has 1 atom stereocenters. The average Bonchev–Trinajstić information content (AvgIpc) is 2.75. The molecule has 1 aromatic carbocycles. The molecule has 0 saturated carbocycles. The largest absolute Gasteiger partial charge is 0.458 e. The number of ether oxygens (including phenoxy) is 1. The van der Waals surface area contributed by atoms with Crippen LogP contribution in [0.1, 0.15) is 23.2 Å². The first-order chi connectivity index (χ1) is 14.1. The van der Waals surface area contributed by atoms with Gasteiger partial charge < -0.3 is 9.64 Å². The van der Waals surface area contributed by atoms with Gasteiger partial charge >= 0.3 is 6.01 Å². The van der Waals surface area contributed by atoms with E-state index in [1.165, 1.54) is 29.4 Å². The molecule has 0 N–H and O–H groups in total. The highest BCUT2D eigenvalue weighted by Crippen LogP contribution is 2.26. The molecule has 3 heterocycles. The fourth-order valence-electron chi connectivity index (χ4n) is 3.25. The average molecular weight is 397 g/mol. The van der Waals surface area contributed by atoms with E-state index in [9.17, 15) is 13.6 Å². The van der Waals surface area contributed by atoms with Crippen molar-refractivity contribution in [3.8, 4) is 17.4 Å². The number of nitrogens with zero attached hydrogens (tertiary/aromatic N) is 5. The van der Waals surface area contributed by atoms with Gasteiger partial charge in [0.1, 0.15) is 11.9 Å². The van der Waals surface area contributed by atoms with E-state index in [4.69, 9.17) is 4.74 Å². The van der Waals surface area contributed by atoms with Gasteiger partial charge in [-0.1, -0.05) is 12.1 Å². The second kappa shape index (κ2) is 8.26. The van der Waals surface area contributed by atoms with Gasteiger partial charge in [0.15, 0.2) is 11.6 Å². The molecule has 1 unspecified atom stereocenters. The van der Waals surface area contributed by atoms with Gasteiger partial charge in [-0.2, -0.15) is 0 Å². The van der Waals surface area contributed by atoms with Crippen molar-refractivity contribution >= 4 is 5.91 Å². The minimum absolute atomic E-state index is 0.0370. The summed E-state index contributed by atoms with van der Waals surface area (Å²) in [6.07, 6.45) is 6.07. The topological polar surface area (TPSA) is 81.1 Å². The van der Waals surface area contributed by atoms with Crippen molar-refractivity contribution in [2.24, 2.45) is 0 Å². The molecule has 148 valence electrons. The maximum Gasteiger partial charge on any atom is 0.316 e. The summed E-state index contributed by atoms with van der Waals surface area (Å²) >= 11 is 0. The molecule has 2 aromatic heterocycles. The number of hydrogen-bond acceptors (Lipinski definition) is 6. The Morgan fingerprint density at radius 3 is 2.59 bits per heavy atom. The van der Waals surface area contributed by atoms with E-state index in [1.54, 1.807) is 12.1 Å². The summed E-state index contributed by atoms with van der Waals surface area (Å²) in [4.78, 5) is 30.5. The molecule has 1 amide bonds. The van der Waals surface area contributed by atoms with Crippen LogP contribution in [-0.2, 0) is 0 Å². The number of benzene rings is 1. The first-order valence-corrected chi connectivity index (χ1v) is 9.11. The Morgan fingerprint density at radius 2 is 1.83 bits per heavy atom. The molecule has 0 radical (unpaired) electrons. The van der Waals surface area contributed by atoms with E-state index in [2.05, 4.69) is 19.9 Å². The Hall–Kier alpha value is -3.49. The van der Waals surface area contributed by atoms with Gasteiger partial charge in [-0.3, -0.25) is 4.79 Å². The number of rotatable bonds is 4. The third-order valence-electron chi connectivity index (χ3n) is 4.57. The van der Waals surface area contributed by atoms with E-state index in [0.29, 0.717) is 24.9 Å². The SMILES string of the molecule is O=C(c1c(F)cccc1-c1ncccn1)N1CCCC(Oc2ncc(F)cn2)C1. The molecule has 7 nitrogen and oxygen atoms in total. The summed E-state index contributed by atoms with van der Waals surface area (Å²) in [6.45, 7) is 0.704. The van der Waals surface area contributed by atoms with Crippen LogP contribution < -0.4 is 4.74 Å². The Morgan fingerprint density at radius 1 is 1.07 bits per heavy atom. The fraction of sp³-hybridized carbons (Fsp3) is 0.250. The number of carbonyl (C=O) groups is 1. The van der Waals surface area contributed by atoms with Crippen LogP contribution in [-0.4, -0.2) is 49.9 Å². The summed E-state index contributed by atoms with van der Waals surface area (Å²) in [5.74, 6) is -1.38. The number of hydrogen-bond donors (Lipinski definition) is 0. The van der Waals surface area contributed by atoms with Crippen LogP contribution in [0.2, 0.25) is 0 Å². The lowest BCUT2D eigenvalue weighted by molar-refractivity contribution is 0.0512. The number of piperidine rings is 1. The second-order valence-electron chi connectivity index (χ2n) is 6.55. The van der Waals surface area contributed by atoms with E-state index in [0.717, 1.165) is 12.4 Å². The first-order valence-electron chi connectivity index (χ1n) is 9.11. The van der Waals surface area contributed by atoms with Crippen LogP contribution in [0, 0.1) is 11.6 Å². The lowest BCUT2D eigenvalue weighted by Gasteiger charge is -2.32. The van der Waals surface area contributed by atoms with Crippen LogP contribution in [0.15, 0.2) is 49.1 Å². The molecule has 0 spiro atoms. The van der Waals surface area contributed by atoms with E-state index in [1.807, 2.05) is 0 Å². The Balaban J connectivity index is 1.56. The summed E-state index contributed by atoms with van der Waals surface area (Å²) in [7, 11) is 0. The van der Waals surface area contributed by atoms with Crippen molar-refractivity contribution < 1.29 is 18.3 Å². The Kier molecular flexibility index (Phi) is 5.37. The molecule has 4 rings (SSSR count). The van der Waals surface area contributed by atoms with Crippen molar-refractivity contribution in [3.05, 3.63) is 66.3 Å². The van der Waals surface area contributed by atoms with Crippen molar-refractivity contribution in [3.63, 3.8) is 0 Å². The summed E-state index contributed by atoms with van der Waals surface area (Å²) in [5.41, 5.74) is 0.262. The van der Waals surface area contributed by atoms with E-state index < -0.39 is 17.5 Å². The predicted octanol–water partition coefficient (Wildman–Crippen LogP) is 2.90. The van der Waals surface area contributed by atoms with Gasteiger partial charge in [-0.05, 0) is 25.0 Å². The maximum absolute atomic E-state index is 14.6. The molecule has 1 aliphatic heterocycles. The van der Waals surface area contributed by atoms with Crippen molar-refractivity contribution in [2.45, 2.75) is 18.9 Å². The van der Waals surface area contributed by atoms with Gasteiger partial charge in [0.25, 0.3) is 5.91 Å². The zero-order valence-electron chi connectivity index (χ0n) is 15.3. The molecule has 0 aliphatic carbocycles. The highest BCUT2D eigenvalue weighted by Gasteiger charge is 2.30.